The summed E-state index contributed by atoms with van der Waals surface area (Å²) in [6.07, 6.45) is 2.66. The average Bonchev–Trinajstić information content (AvgIpc) is 2.93. The molecule has 0 radical (unpaired) electrons. The van der Waals surface area contributed by atoms with Crippen molar-refractivity contribution in [3.63, 3.8) is 0 Å². The second kappa shape index (κ2) is 6.06. The second-order valence-corrected chi connectivity index (χ2v) is 5.51. The predicted molar refractivity (Wildman–Crippen MR) is 72.6 cm³/mol. The van der Waals surface area contributed by atoms with E-state index in [2.05, 4.69) is 0 Å². The van der Waals surface area contributed by atoms with Gasteiger partial charge in [0.2, 0.25) is 0 Å². The normalized spacial score (nSPS) is 22.8. The van der Waals surface area contributed by atoms with Crippen molar-refractivity contribution < 1.29 is 19.4 Å². The summed E-state index contributed by atoms with van der Waals surface area (Å²) in [5.41, 5.74) is 0. The summed E-state index contributed by atoms with van der Waals surface area (Å²) >= 11 is 1.41. The van der Waals surface area contributed by atoms with Crippen molar-refractivity contribution in [3.8, 4) is 0 Å². The Labute approximate surface area is 115 Å². The number of carbonyl (C=O) groups excluding carboxylic acids is 1. The molecule has 1 aromatic rings. The van der Waals surface area contributed by atoms with Gasteiger partial charge in [0, 0.05) is 0 Å². The van der Waals surface area contributed by atoms with Gasteiger partial charge in [0.05, 0.1) is 19.1 Å². The van der Waals surface area contributed by atoms with Crippen molar-refractivity contribution >= 4 is 28.4 Å². The van der Waals surface area contributed by atoms with E-state index in [1.807, 2.05) is 17.5 Å². The van der Waals surface area contributed by atoms with Crippen molar-refractivity contribution in [2.24, 2.45) is 5.92 Å². The molecule has 0 aliphatic heterocycles. The number of ether oxygens (including phenoxy) is 1. The molecule has 0 unspecified atom stereocenters. The standard InChI is InChI=1S/C13H17NO4S/c1-18-13(17)14(11-7-4-8-19-11)10-6-3-2-5-9(10)12(15)16/h4,7-10H,2-3,5-6H2,1H3,(H,15,16)/t9-,10+/m0/s1. The Balaban J connectivity index is 2.31. The van der Waals surface area contributed by atoms with E-state index in [1.165, 1.54) is 23.3 Å². The molecule has 1 N–H and O–H groups in total. The van der Waals surface area contributed by atoms with Crippen LogP contribution >= 0.6 is 11.3 Å². The molecule has 5 nitrogen and oxygen atoms in total. The van der Waals surface area contributed by atoms with E-state index >= 15 is 0 Å². The molecule has 1 aliphatic carbocycles. The number of thiophene rings is 1. The number of carboxylic acid groups (broad SMARTS) is 1. The maximum atomic E-state index is 12.0. The SMILES string of the molecule is COC(=O)N(c1cccs1)[C@@H]1CCCC[C@@H]1C(=O)O. The molecule has 19 heavy (non-hydrogen) atoms. The van der Waals surface area contributed by atoms with Crippen LogP contribution in [0.5, 0.6) is 0 Å². The number of amides is 1. The van der Waals surface area contributed by atoms with Crippen LogP contribution < -0.4 is 4.90 Å². The molecule has 2 atom stereocenters. The number of carboxylic acids is 1. The van der Waals surface area contributed by atoms with Crippen LogP contribution in [-0.2, 0) is 9.53 Å². The van der Waals surface area contributed by atoms with Crippen molar-refractivity contribution in [3.05, 3.63) is 17.5 Å². The topological polar surface area (TPSA) is 66.8 Å². The number of hydrogen-bond donors (Lipinski definition) is 1. The van der Waals surface area contributed by atoms with Gasteiger partial charge in [0.25, 0.3) is 0 Å². The fourth-order valence-electron chi connectivity index (χ4n) is 2.60. The number of hydrogen-bond acceptors (Lipinski definition) is 4. The molecule has 1 fully saturated rings. The summed E-state index contributed by atoms with van der Waals surface area (Å²) < 4.78 is 4.82. The average molecular weight is 283 g/mol. The summed E-state index contributed by atoms with van der Waals surface area (Å²) in [4.78, 5) is 24.9. The predicted octanol–water partition coefficient (Wildman–Crippen LogP) is 2.96. The maximum absolute atomic E-state index is 12.0. The maximum Gasteiger partial charge on any atom is 0.414 e. The first-order valence-corrected chi connectivity index (χ1v) is 7.16. The van der Waals surface area contributed by atoms with Crippen molar-refractivity contribution in [1.29, 1.82) is 0 Å². The third-order valence-electron chi connectivity index (χ3n) is 3.49. The van der Waals surface area contributed by atoms with Gasteiger partial charge in [-0.2, -0.15) is 0 Å². The Morgan fingerprint density at radius 3 is 2.74 bits per heavy atom. The Hall–Kier alpha value is -1.56. The quantitative estimate of drug-likeness (QED) is 0.926. The number of rotatable bonds is 3. The number of nitrogens with zero attached hydrogens (tertiary/aromatic N) is 1. The van der Waals surface area contributed by atoms with Crippen LogP contribution in [0, 0.1) is 5.92 Å². The minimum Gasteiger partial charge on any atom is -0.481 e. The van der Waals surface area contributed by atoms with Crippen LogP contribution in [0.2, 0.25) is 0 Å². The third-order valence-corrected chi connectivity index (χ3v) is 4.36. The summed E-state index contributed by atoms with van der Waals surface area (Å²) in [6, 6.07) is 3.33. The van der Waals surface area contributed by atoms with Gasteiger partial charge in [0.15, 0.2) is 0 Å². The van der Waals surface area contributed by atoms with Gasteiger partial charge in [-0.1, -0.05) is 12.8 Å². The lowest BCUT2D eigenvalue weighted by Gasteiger charge is -2.36. The summed E-state index contributed by atoms with van der Waals surface area (Å²) in [5, 5.41) is 11.9. The molecule has 6 heteroatoms. The number of carbonyl (C=O) groups is 2. The van der Waals surface area contributed by atoms with E-state index in [0.717, 1.165) is 17.8 Å². The van der Waals surface area contributed by atoms with Gasteiger partial charge in [-0.25, -0.2) is 4.79 Å². The summed E-state index contributed by atoms with van der Waals surface area (Å²) in [7, 11) is 1.32. The van der Waals surface area contributed by atoms with Crippen molar-refractivity contribution in [2.45, 2.75) is 31.7 Å². The smallest absolute Gasteiger partial charge is 0.414 e. The highest BCUT2D eigenvalue weighted by Crippen LogP contribution is 2.34. The van der Waals surface area contributed by atoms with Gasteiger partial charge in [-0.3, -0.25) is 9.69 Å². The van der Waals surface area contributed by atoms with Gasteiger partial charge in [0.1, 0.15) is 5.00 Å². The molecule has 0 spiro atoms. The first kappa shape index (κ1) is 13.9. The lowest BCUT2D eigenvalue weighted by molar-refractivity contribution is -0.143. The zero-order valence-corrected chi connectivity index (χ0v) is 11.6. The van der Waals surface area contributed by atoms with E-state index in [1.54, 1.807) is 0 Å². The highest BCUT2D eigenvalue weighted by molar-refractivity contribution is 7.14. The van der Waals surface area contributed by atoms with Crippen LogP contribution in [0.4, 0.5) is 9.80 Å². The number of methoxy groups -OCH3 is 1. The number of aliphatic carboxylic acids is 1. The molecule has 0 saturated heterocycles. The lowest BCUT2D eigenvalue weighted by atomic mass is 9.83. The van der Waals surface area contributed by atoms with Gasteiger partial charge in [-0.15, -0.1) is 11.3 Å². The molecule has 1 heterocycles. The first-order chi connectivity index (χ1) is 9.15. The van der Waals surface area contributed by atoms with E-state index in [4.69, 9.17) is 4.74 Å². The fourth-order valence-corrected chi connectivity index (χ4v) is 3.38. The van der Waals surface area contributed by atoms with E-state index in [-0.39, 0.29) is 6.04 Å². The van der Waals surface area contributed by atoms with Gasteiger partial charge in [-0.05, 0) is 30.4 Å². The van der Waals surface area contributed by atoms with Crippen LogP contribution in [0.1, 0.15) is 25.7 Å². The monoisotopic (exact) mass is 283 g/mol. The van der Waals surface area contributed by atoms with E-state index in [9.17, 15) is 14.7 Å². The highest BCUT2D eigenvalue weighted by atomic mass is 32.1. The Morgan fingerprint density at radius 2 is 2.16 bits per heavy atom. The van der Waals surface area contributed by atoms with Crippen LogP contribution in [0.15, 0.2) is 17.5 Å². The molecular weight excluding hydrogens is 266 g/mol. The molecule has 1 aliphatic rings. The Morgan fingerprint density at radius 1 is 1.42 bits per heavy atom. The van der Waals surface area contributed by atoms with Crippen LogP contribution in [-0.4, -0.2) is 30.3 Å². The van der Waals surface area contributed by atoms with Gasteiger partial charge < -0.3 is 9.84 Å². The summed E-state index contributed by atoms with van der Waals surface area (Å²) in [6.45, 7) is 0. The highest BCUT2D eigenvalue weighted by Gasteiger charge is 2.38. The minimum atomic E-state index is -0.838. The van der Waals surface area contributed by atoms with E-state index < -0.39 is 18.0 Å². The lowest BCUT2D eigenvalue weighted by Crippen LogP contribution is -2.48. The zero-order valence-electron chi connectivity index (χ0n) is 10.7. The van der Waals surface area contributed by atoms with Crippen LogP contribution in [0.3, 0.4) is 0 Å². The van der Waals surface area contributed by atoms with Crippen molar-refractivity contribution in [2.75, 3.05) is 12.0 Å². The Kier molecular flexibility index (Phi) is 4.42. The summed E-state index contributed by atoms with van der Waals surface area (Å²) in [5.74, 6) is -1.36. The zero-order chi connectivity index (χ0) is 13.8. The second-order valence-electron chi connectivity index (χ2n) is 4.59. The molecule has 104 valence electrons. The molecule has 1 saturated carbocycles. The third kappa shape index (κ3) is 2.89. The number of anilines is 1. The molecule has 0 bridgehead atoms. The van der Waals surface area contributed by atoms with E-state index in [0.29, 0.717) is 12.8 Å². The van der Waals surface area contributed by atoms with Crippen molar-refractivity contribution in [1.82, 2.24) is 0 Å². The fraction of sp³-hybridized carbons (Fsp3) is 0.538. The molecule has 1 aromatic heterocycles. The largest absolute Gasteiger partial charge is 0.481 e. The molecule has 1 amide bonds. The Bertz CT molecular complexity index is 446. The first-order valence-electron chi connectivity index (χ1n) is 6.28. The molecular formula is C13H17NO4S. The molecule has 2 rings (SSSR count). The minimum absolute atomic E-state index is 0.322. The van der Waals surface area contributed by atoms with Crippen LogP contribution in [0.25, 0.3) is 0 Å². The molecule has 0 aromatic carbocycles. The van der Waals surface area contributed by atoms with Gasteiger partial charge >= 0.3 is 12.1 Å².